The number of hydrogen-bond acceptors (Lipinski definition) is 5. The van der Waals surface area contributed by atoms with Crippen LogP contribution in [0.15, 0.2) is 42.5 Å². The Morgan fingerprint density at radius 2 is 1.97 bits per heavy atom. The number of aromatic nitrogens is 2. The van der Waals surface area contributed by atoms with Crippen LogP contribution in [0.3, 0.4) is 0 Å². The highest BCUT2D eigenvalue weighted by Crippen LogP contribution is 2.29. The van der Waals surface area contributed by atoms with Gasteiger partial charge in [0, 0.05) is 25.0 Å². The van der Waals surface area contributed by atoms with Crippen LogP contribution in [0.4, 0.5) is 5.69 Å². The summed E-state index contributed by atoms with van der Waals surface area (Å²) in [5.41, 5.74) is 1.71. The summed E-state index contributed by atoms with van der Waals surface area (Å²) in [4.78, 5) is 15.3. The lowest BCUT2D eigenvalue weighted by atomic mass is 10.2. The van der Waals surface area contributed by atoms with Crippen LogP contribution in [-0.2, 0) is 11.3 Å². The van der Waals surface area contributed by atoms with E-state index in [1.165, 1.54) is 0 Å². The molecule has 2 heterocycles. The van der Waals surface area contributed by atoms with Gasteiger partial charge in [-0.05, 0) is 18.2 Å². The van der Waals surface area contributed by atoms with Gasteiger partial charge in [0.1, 0.15) is 11.3 Å². The van der Waals surface area contributed by atoms with E-state index in [-0.39, 0.29) is 5.91 Å². The maximum absolute atomic E-state index is 13.0. The molecule has 4 rings (SSSR count). The summed E-state index contributed by atoms with van der Waals surface area (Å²) in [5.74, 6) is 0.384. The van der Waals surface area contributed by atoms with E-state index >= 15 is 0 Å². The van der Waals surface area contributed by atoms with E-state index in [4.69, 9.17) is 21.1 Å². The van der Waals surface area contributed by atoms with Crippen molar-refractivity contribution in [2.24, 2.45) is 0 Å². The molecule has 1 saturated heterocycles. The minimum absolute atomic E-state index is 0.304. The Hall–Kier alpha value is -2.61. The molecule has 0 spiro atoms. The maximum atomic E-state index is 13.0. The smallest absolute Gasteiger partial charge is 0.276 e. The van der Waals surface area contributed by atoms with Gasteiger partial charge in [0.05, 0.1) is 37.6 Å². The number of ether oxygens (including phenoxy) is 2. The number of nitrogens with one attached hydrogen (secondary N) is 1. The molecule has 2 aromatic carbocycles. The number of carbonyl (C=O) groups excluding carboxylic acids is 1. The number of morpholine rings is 1. The maximum Gasteiger partial charge on any atom is 0.276 e. The Morgan fingerprint density at radius 3 is 2.72 bits per heavy atom. The van der Waals surface area contributed by atoms with Crippen molar-refractivity contribution in [3.8, 4) is 5.75 Å². The van der Waals surface area contributed by atoms with Gasteiger partial charge in [0.15, 0.2) is 5.69 Å². The summed E-state index contributed by atoms with van der Waals surface area (Å²) in [6.45, 7) is 4.76. The Labute approximate surface area is 174 Å². The Balaban J connectivity index is 1.65. The molecular weight excluding hydrogens is 392 g/mol. The molecule has 0 aliphatic carbocycles. The highest BCUT2D eigenvalue weighted by molar-refractivity contribution is 6.34. The van der Waals surface area contributed by atoms with Crippen LogP contribution in [-0.4, -0.2) is 60.5 Å². The third kappa shape index (κ3) is 4.22. The molecule has 29 heavy (non-hydrogen) atoms. The number of para-hydroxylation sites is 2. The molecule has 1 N–H and O–H groups in total. The lowest BCUT2D eigenvalue weighted by Gasteiger charge is -2.26. The van der Waals surface area contributed by atoms with Crippen molar-refractivity contribution in [2.75, 3.05) is 45.3 Å². The van der Waals surface area contributed by atoms with E-state index < -0.39 is 0 Å². The minimum Gasteiger partial charge on any atom is -0.494 e. The number of benzene rings is 2. The Bertz CT molecular complexity index is 1010. The minimum atomic E-state index is -0.304. The number of halogens is 1. The summed E-state index contributed by atoms with van der Waals surface area (Å²) in [5, 5.41) is 8.72. The number of anilines is 1. The number of methoxy groups -OCH3 is 1. The largest absolute Gasteiger partial charge is 0.494 e. The summed E-state index contributed by atoms with van der Waals surface area (Å²) < 4.78 is 12.8. The van der Waals surface area contributed by atoms with Gasteiger partial charge in [0.25, 0.3) is 5.91 Å². The second-order valence-corrected chi connectivity index (χ2v) is 7.22. The quantitative estimate of drug-likeness (QED) is 0.670. The normalized spacial score (nSPS) is 14.8. The lowest BCUT2D eigenvalue weighted by molar-refractivity contribution is 0.0361. The second-order valence-electron chi connectivity index (χ2n) is 6.82. The van der Waals surface area contributed by atoms with Crippen LogP contribution in [0.25, 0.3) is 10.9 Å². The molecule has 152 valence electrons. The third-order valence-electron chi connectivity index (χ3n) is 5.02. The average molecular weight is 415 g/mol. The number of fused-ring (bicyclic) bond motifs is 1. The van der Waals surface area contributed by atoms with Crippen LogP contribution < -0.4 is 10.1 Å². The fraction of sp³-hybridized carbons (Fsp3) is 0.333. The van der Waals surface area contributed by atoms with Crippen LogP contribution >= 0.6 is 11.6 Å². The van der Waals surface area contributed by atoms with Gasteiger partial charge in [0.2, 0.25) is 0 Å². The number of carbonyl (C=O) groups is 1. The van der Waals surface area contributed by atoms with Gasteiger partial charge in [-0.25, -0.2) is 0 Å². The van der Waals surface area contributed by atoms with Crippen LogP contribution in [0, 0.1) is 0 Å². The van der Waals surface area contributed by atoms with Gasteiger partial charge in [-0.1, -0.05) is 35.9 Å². The Kier molecular flexibility index (Phi) is 5.99. The van der Waals surface area contributed by atoms with Crippen molar-refractivity contribution in [1.82, 2.24) is 14.7 Å². The fourth-order valence-corrected chi connectivity index (χ4v) is 3.69. The van der Waals surface area contributed by atoms with Crippen molar-refractivity contribution in [2.45, 2.75) is 6.54 Å². The molecule has 1 aromatic heterocycles. The zero-order chi connectivity index (χ0) is 20.2. The number of nitrogens with zero attached hydrogens (tertiary/aromatic N) is 3. The first-order valence-electron chi connectivity index (χ1n) is 9.57. The number of hydrogen-bond donors (Lipinski definition) is 1. The SMILES string of the molecule is COc1cccc2c(C(=O)Nc3ccccc3Cl)nn(CCN3CCOCC3)c12. The van der Waals surface area contributed by atoms with Crippen LogP contribution in [0.5, 0.6) is 5.75 Å². The van der Waals surface area contributed by atoms with E-state index in [2.05, 4.69) is 15.3 Å². The van der Waals surface area contributed by atoms with Crippen LogP contribution in [0.2, 0.25) is 5.02 Å². The highest BCUT2D eigenvalue weighted by Gasteiger charge is 2.21. The Morgan fingerprint density at radius 1 is 1.17 bits per heavy atom. The van der Waals surface area contributed by atoms with Crippen molar-refractivity contribution < 1.29 is 14.3 Å². The molecule has 0 unspecified atom stereocenters. The first kappa shape index (κ1) is 19.7. The van der Waals surface area contributed by atoms with E-state index in [1.807, 2.05) is 35.0 Å². The molecule has 8 heteroatoms. The van der Waals surface area contributed by atoms with E-state index in [0.29, 0.717) is 28.7 Å². The van der Waals surface area contributed by atoms with Crippen molar-refractivity contribution in [1.29, 1.82) is 0 Å². The van der Waals surface area contributed by atoms with Crippen molar-refractivity contribution in [3.05, 3.63) is 53.2 Å². The van der Waals surface area contributed by atoms with Gasteiger partial charge in [-0.2, -0.15) is 5.10 Å². The summed E-state index contributed by atoms with van der Waals surface area (Å²) in [7, 11) is 1.62. The first-order chi connectivity index (χ1) is 14.2. The third-order valence-corrected chi connectivity index (χ3v) is 5.35. The monoisotopic (exact) mass is 414 g/mol. The van der Waals surface area contributed by atoms with E-state index in [0.717, 1.165) is 43.8 Å². The van der Waals surface area contributed by atoms with E-state index in [9.17, 15) is 4.79 Å². The fourth-order valence-electron chi connectivity index (χ4n) is 3.50. The predicted octanol–water partition coefficient (Wildman–Crippen LogP) is 3.28. The molecule has 1 aliphatic rings. The zero-order valence-electron chi connectivity index (χ0n) is 16.2. The molecule has 0 saturated carbocycles. The molecule has 1 fully saturated rings. The predicted molar refractivity (Wildman–Crippen MR) is 113 cm³/mol. The molecule has 7 nitrogen and oxygen atoms in total. The molecule has 0 bridgehead atoms. The van der Waals surface area contributed by atoms with Gasteiger partial charge >= 0.3 is 0 Å². The number of amides is 1. The highest BCUT2D eigenvalue weighted by atomic mass is 35.5. The molecule has 0 atom stereocenters. The second kappa shape index (κ2) is 8.82. The van der Waals surface area contributed by atoms with Crippen molar-refractivity contribution >= 4 is 34.1 Å². The van der Waals surface area contributed by atoms with Crippen LogP contribution in [0.1, 0.15) is 10.5 Å². The first-order valence-corrected chi connectivity index (χ1v) is 9.94. The summed E-state index contributed by atoms with van der Waals surface area (Å²) in [6.07, 6.45) is 0. The molecule has 0 radical (unpaired) electrons. The van der Waals surface area contributed by atoms with Gasteiger partial charge in [-0.3, -0.25) is 14.4 Å². The van der Waals surface area contributed by atoms with Gasteiger partial charge < -0.3 is 14.8 Å². The zero-order valence-corrected chi connectivity index (χ0v) is 17.0. The van der Waals surface area contributed by atoms with E-state index in [1.54, 1.807) is 19.2 Å². The molecule has 1 aliphatic heterocycles. The molecule has 1 amide bonds. The lowest BCUT2D eigenvalue weighted by Crippen LogP contribution is -2.38. The average Bonchev–Trinajstić information content (AvgIpc) is 3.14. The topological polar surface area (TPSA) is 68.6 Å². The molecule has 3 aromatic rings. The van der Waals surface area contributed by atoms with Crippen molar-refractivity contribution in [3.63, 3.8) is 0 Å². The summed E-state index contributed by atoms with van der Waals surface area (Å²) in [6, 6.07) is 12.8. The van der Waals surface area contributed by atoms with Gasteiger partial charge in [-0.15, -0.1) is 0 Å². The summed E-state index contributed by atoms with van der Waals surface area (Å²) >= 11 is 6.19. The molecular formula is C21H23ClN4O3. The standard InChI is InChI=1S/C21H23ClN4O3/c1-28-18-8-4-5-15-19(21(27)23-17-7-3-2-6-16(17)22)24-26(20(15)18)10-9-25-11-13-29-14-12-25/h2-8H,9-14H2,1H3,(H,23,27). The number of rotatable bonds is 6.